The molecule has 1 N–H and O–H groups in total. The minimum absolute atomic E-state index is 0.00108. The molecule has 0 aliphatic carbocycles. The Bertz CT molecular complexity index is 445. The van der Waals surface area contributed by atoms with Crippen LogP contribution in [0, 0.1) is 12.8 Å². The Kier molecular flexibility index (Phi) is 3.65. The SMILES string of the molecule is Cc1ccc(C(=O)N2CCC(C(=O)O)CC2)cc1. The first-order valence-corrected chi connectivity index (χ1v) is 6.16. The van der Waals surface area contributed by atoms with E-state index in [4.69, 9.17) is 5.11 Å². The monoisotopic (exact) mass is 247 g/mol. The van der Waals surface area contributed by atoms with Crippen LogP contribution in [0.25, 0.3) is 0 Å². The second kappa shape index (κ2) is 5.21. The molecule has 0 aromatic heterocycles. The molecule has 1 aromatic rings. The first-order chi connectivity index (χ1) is 8.58. The first kappa shape index (κ1) is 12.6. The quantitative estimate of drug-likeness (QED) is 0.868. The maximum Gasteiger partial charge on any atom is 0.306 e. The summed E-state index contributed by atoms with van der Waals surface area (Å²) in [6.45, 7) is 3.04. The van der Waals surface area contributed by atoms with Gasteiger partial charge in [0.25, 0.3) is 5.91 Å². The van der Waals surface area contributed by atoms with Crippen LogP contribution in [0.4, 0.5) is 0 Å². The molecular weight excluding hydrogens is 230 g/mol. The van der Waals surface area contributed by atoms with Crippen LogP contribution in [0.15, 0.2) is 24.3 Å². The normalized spacial score (nSPS) is 16.6. The number of hydrogen-bond acceptors (Lipinski definition) is 2. The summed E-state index contributed by atoms with van der Waals surface area (Å²) in [6.07, 6.45) is 1.10. The lowest BCUT2D eigenvalue weighted by Crippen LogP contribution is -2.40. The number of hydrogen-bond donors (Lipinski definition) is 1. The molecule has 1 aromatic carbocycles. The molecule has 0 unspecified atom stereocenters. The van der Waals surface area contributed by atoms with Crippen LogP contribution in [0.5, 0.6) is 0 Å². The summed E-state index contributed by atoms with van der Waals surface area (Å²) in [5.74, 6) is -1.05. The zero-order chi connectivity index (χ0) is 13.1. The summed E-state index contributed by atoms with van der Waals surface area (Å²) in [6, 6.07) is 7.47. The Morgan fingerprint density at radius 1 is 1.17 bits per heavy atom. The largest absolute Gasteiger partial charge is 0.481 e. The molecule has 96 valence electrons. The number of aryl methyl sites for hydroxylation is 1. The van der Waals surface area contributed by atoms with Crippen LogP contribution in [-0.2, 0) is 4.79 Å². The van der Waals surface area contributed by atoms with Gasteiger partial charge in [-0.25, -0.2) is 0 Å². The van der Waals surface area contributed by atoms with Crippen LogP contribution in [0.3, 0.4) is 0 Å². The smallest absolute Gasteiger partial charge is 0.306 e. The van der Waals surface area contributed by atoms with Gasteiger partial charge >= 0.3 is 5.97 Å². The molecule has 1 saturated heterocycles. The van der Waals surface area contributed by atoms with E-state index < -0.39 is 5.97 Å². The number of piperidine rings is 1. The molecule has 2 rings (SSSR count). The number of carboxylic acids is 1. The summed E-state index contributed by atoms with van der Waals surface area (Å²) in [5, 5.41) is 8.91. The number of amides is 1. The summed E-state index contributed by atoms with van der Waals surface area (Å²) in [4.78, 5) is 24.7. The third kappa shape index (κ3) is 2.70. The molecule has 0 bridgehead atoms. The average Bonchev–Trinajstić information content (AvgIpc) is 2.39. The van der Waals surface area contributed by atoms with E-state index in [1.807, 2.05) is 31.2 Å². The van der Waals surface area contributed by atoms with E-state index in [0.717, 1.165) is 5.56 Å². The Hall–Kier alpha value is -1.84. The Morgan fingerprint density at radius 2 is 1.72 bits per heavy atom. The lowest BCUT2D eigenvalue weighted by molar-refractivity contribution is -0.143. The molecule has 1 aliphatic heterocycles. The summed E-state index contributed by atoms with van der Waals surface area (Å²) >= 11 is 0. The van der Waals surface area contributed by atoms with E-state index in [0.29, 0.717) is 31.5 Å². The van der Waals surface area contributed by atoms with Gasteiger partial charge in [0.1, 0.15) is 0 Å². The predicted molar refractivity (Wildman–Crippen MR) is 67.4 cm³/mol. The molecule has 4 nitrogen and oxygen atoms in total. The van der Waals surface area contributed by atoms with Crippen molar-refractivity contribution in [2.24, 2.45) is 5.92 Å². The van der Waals surface area contributed by atoms with Gasteiger partial charge in [-0.15, -0.1) is 0 Å². The van der Waals surface area contributed by atoms with Crippen LogP contribution >= 0.6 is 0 Å². The van der Waals surface area contributed by atoms with Crippen molar-refractivity contribution in [3.05, 3.63) is 35.4 Å². The molecule has 4 heteroatoms. The van der Waals surface area contributed by atoms with Gasteiger partial charge < -0.3 is 10.0 Å². The zero-order valence-electron chi connectivity index (χ0n) is 10.4. The van der Waals surface area contributed by atoms with E-state index in [2.05, 4.69) is 0 Å². The molecule has 0 radical (unpaired) electrons. The molecule has 18 heavy (non-hydrogen) atoms. The van der Waals surface area contributed by atoms with Crippen LogP contribution in [-0.4, -0.2) is 35.0 Å². The van der Waals surface area contributed by atoms with Crippen LogP contribution < -0.4 is 0 Å². The third-order valence-corrected chi connectivity index (χ3v) is 3.43. The van der Waals surface area contributed by atoms with Gasteiger partial charge in [0.2, 0.25) is 0 Å². The van der Waals surface area contributed by atoms with Crippen molar-refractivity contribution in [1.29, 1.82) is 0 Å². The van der Waals surface area contributed by atoms with Crippen molar-refractivity contribution in [2.75, 3.05) is 13.1 Å². The maximum atomic E-state index is 12.2. The highest BCUT2D eigenvalue weighted by Gasteiger charge is 2.27. The van der Waals surface area contributed by atoms with E-state index in [9.17, 15) is 9.59 Å². The van der Waals surface area contributed by atoms with Gasteiger partial charge in [-0.2, -0.15) is 0 Å². The second-order valence-electron chi connectivity index (χ2n) is 4.77. The average molecular weight is 247 g/mol. The summed E-state index contributed by atoms with van der Waals surface area (Å²) in [7, 11) is 0. The maximum absolute atomic E-state index is 12.2. The Balaban J connectivity index is 1.99. The van der Waals surface area contributed by atoms with Gasteiger partial charge in [-0.1, -0.05) is 17.7 Å². The van der Waals surface area contributed by atoms with Crippen LogP contribution in [0.1, 0.15) is 28.8 Å². The highest BCUT2D eigenvalue weighted by molar-refractivity contribution is 5.94. The van der Waals surface area contributed by atoms with Crippen molar-refractivity contribution < 1.29 is 14.7 Å². The third-order valence-electron chi connectivity index (χ3n) is 3.43. The second-order valence-corrected chi connectivity index (χ2v) is 4.77. The van der Waals surface area contributed by atoms with E-state index >= 15 is 0 Å². The number of carboxylic acid groups (broad SMARTS) is 1. The van der Waals surface area contributed by atoms with Crippen LogP contribution in [0.2, 0.25) is 0 Å². The molecule has 0 atom stereocenters. The number of aliphatic carboxylic acids is 1. The van der Waals surface area contributed by atoms with Gasteiger partial charge in [0, 0.05) is 18.7 Å². The van der Waals surface area contributed by atoms with Crippen molar-refractivity contribution in [3.8, 4) is 0 Å². The molecular formula is C14H17NO3. The molecule has 0 saturated carbocycles. The van der Waals surface area contributed by atoms with E-state index in [1.165, 1.54) is 0 Å². The number of carbonyl (C=O) groups excluding carboxylic acids is 1. The van der Waals surface area contributed by atoms with Gasteiger partial charge in [-0.3, -0.25) is 9.59 Å². The fraction of sp³-hybridized carbons (Fsp3) is 0.429. The van der Waals surface area contributed by atoms with Crippen molar-refractivity contribution >= 4 is 11.9 Å². The van der Waals surface area contributed by atoms with Gasteiger partial charge in [-0.05, 0) is 31.9 Å². The summed E-state index contributed by atoms with van der Waals surface area (Å²) < 4.78 is 0. The van der Waals surface area contributed by atoms with E-state index in [1.54, 1.807) is 4.90 Å². The van der Waals surface area contributed by atoms with Crippen molar-refractivity contribution in [3.63, 3.8) is 0 Å². The fourth-order valence-electron chi connectivity index (χ4n) is 2.21. The molecule has 1 fully saturated rings. The molecule has 1 aliphatic rings. The predicted octanol–water partition coefficient (Wildman–Crippen LogP) is 1.93. The first-order valence-electron chi connectivity index (χ1n) is 6.16. The lowest BCUT2D eigenvalue weighted by Gasteiger charge is -2.30. The standard InChI is InChI=1S/C14H17NO3/c1-10-2-4-11(5-3-10)13(16)15-8-6-12(7-9-15)14(17)18/h2-5,12H,6-9H2,1H3,(H,17,18). The van der Waals surface area contributed by atoms with Gasteiger partial charge in [0.15, 0.2) is 0 Å². The van der Waals surface area contributed by atoms with Gasteiger partial charge in [0.05, 0.1) is 5.92 Å². The molecule has 0 spiro atoms. The number of carbonyl (C=O) groups is 2. The topological polar surface area (TPSA) is 57.6 Å². The minimum Gasteiger partial charge on any atom is -0.481 e. The lowest BCUT2D eigenvalue weighted by atomic mass is 9.96. The number of nitrogens with zero attached hydrogens (tertiary/aromatic N) is 1. The highest BCUT2D eigenvalue weighted by Crippen LogP contribution is 2.19. The minimum atomic E-state index is -0.752. The Labute approximate surface area is 106 Å². The number of rotatable bonds is 2. The van der Waals surface area contributed by atoms with E-state index in [-0.39, 0.29) is 11.8 Å². The summed E-state index contributed by atoms with van der Waals surface area (Å²) in [5.41, 5.74) is 1.80. The number of benzene rings is 1. The zero-order valence-corrected chi connectivity index (χ0v) is 10.4. The number of likely N-dealkylation sites (tertiary alicyclic amines) is 1. The van der Waals surface area contributed by atoms with Crippen molar-refractivity contribution in [2.45, 2.75) is 19.8 Å². The highest BCUT2D eigenvalue weighted by atomic mass is 16.4. The molecule has 1 amide bonds. The molecule has 1 heterocycles. The van der Waals surface area contributed by atoms with Crippen molar-refractivity contribution in [1.82, 2.24) is 4.90 Å². The Morgan fingerprint density at radius 3 is 2.22 bits per heavy atom. The fourth-order valence-corrected chi connectivity index (χ4v) is 2.21.